The Morgan fingerprint density at radius 1 is 1.00 bits per heavy atom. The second kappa shape index (κ2) is 6.64. The Labute approximate surface area is 149 Å². The maximum atomic E-state index is 13.0. The molecule has 2 bridgehead atoms. The highest BCUT2D eigenvalue weighted by Gasteiger charge is 2.38. The van der Waals surface area contributed by atoms with Crippen molar-refractivity contribution in [1.82, 2.24) is 9.62 Å². The summed E-state index contributed by atoms with van der Waals surface area (Å²) in [6.45, 7) is 0. The molecule has 24 heavy (non-hydrogen) atoms. The minimum atomic E-state index is -3.44. The van der Waals surface area contributed by atoms with Crippen LogP contribution in [0.25, 0.3) is 10.8 Å². The number of hydrogen-bond donors (Lipinski definition) is 1. The number of nitrogens with zero attached hydrogens (tertiary/aromatic N) is 1. The van der Waals surface area contributed by atoms with Crippen LogP contribution in [0.3, 0.4) is 0 Å². The Morgan fingerprint density at radius 2 is 1.62 bits per heavy atom. The van der Waals surface area contributed by atoms with Gasteiger partial charge in [-0.15, -0.1) is 12.4 Å². The van der Waals surface area contributed by atoms with Crippen molar-refractivity contribution in [2.24, 2.45) is 0 Å². The molecule has 0 aromatic heterocycles. The molecule has 2 heterocycles. The molecule has 4 nitrogen and oxygen atoms in total. The zero-order valence-corrected chi connectivity index (χ0v) is 15.3. The summed E-state index contributed by atoms with van der Waals surface area (Å²) in [4.78, 5) is 0.393. The van der Waals surface area contributed by atoms with E-state index >= 15 is 0 Å². The van der Waals surface area contributed by atoms with Crippen molar-refractivity contribution in [3.63, 3.8) is 0 Å². The third-order valence-corrected chi connectivity index (χ3v) is 7.27. The standard InChI is InChI=1S/C18H22N2O2S.ClH/c1-20(17-11-15-7-8-16(12-17)19-15)23(21,22)18-9-6-13-4-2-3-5-14(13)10-18;/h2-6,9-10,15-17,19H,7-8,11-12H2,1H3;1H. The van der Waals surface area contributed by atoms with E-state index in [1.165, 1.54) is 12.8 Å². The fraction of sp³-hybridized carbons (Fsp3) is 0.444. The lowest BCUT2D eigenvalue weighted by molar-refractivity contribution is 0.251. The summed E-state index contributed by atoms with van der Waals surface area (Å²) in [5.74, 6) is 0. The molecule has 2 aromatic rings. The number of fused-ring (bicyclic) bond motifs is 3. The number of rotatable bonds is 3. The summed E-state index contributed by atoms with van der Waals surface area (Å²) >= 11 is 0. The molecule has 4 rings (SSSR count). The molecule has 0 spiro atoms. The minimum Gasteiger partial charge on any atom is -0.311 e. The van der Waals surface area contributed by atoms with Crippen LogP contribution in [0.1, 0.15) is 25.7 Å². The maximum absolute atomic E-state index is 13.0. The second-order valence-electron chi connectivity index (χ2n) is 6.79. The smallest absolute Gasteiger partial charge is 0.243 e. The van der Waals surface area contributed by atoms with E-state index in [9.17, 15) is 8.42 Å². The SMILES string of the molecule is CN(C1CC2CCC(C1)N2)S(=O)(=O)c1ccc2ccccc2c1.Cl. The molecule has 0 aliphatic carbocycles. The van der Waals surface area contributed by atoms with Gasteiger partial charge in [0.15, 0.2) is 0 Å². The zero-order valence-electron chi connectivity index (χ0n) is 13.7. The second-order valence-corrected chi connectivity index (χ2v) is 8.79. The maximum Gasteiger partial charge on any atom is 0.243 e. The Bertz CT molecular complexity index is 828. The van der Waals surface area contributed by atoms with Gasteiger partial charge in [0.05, 0.1) is 4.90 Å². The number of sulfonamides is 1. The van der Waals surface area contributed by atoms with Gasteiger partial charge in [0.2, 0.25) is 10.0 Å². The minimum absolute atomic E-state index is 0. The van der Waals surface area contributed by atoms with E-state index in [0.717, 1.165) is 23.6 Å². The number of benzene rings is 2. The summed E-state index contributed by atoms with van der Waals surface area (Å²) in [6, 6.07) is 14.3. The van der Waals surface area contributed by atoms with E-state index in [1.54, 1.807) is 23.5 Å². The van der Waals surface area contributed by atoms with Gasteiger partial charge in [0.1, 0.15) is 0 Å². The summed E-state index contributed by atoms with van der Waals surface area (Å²) in [5.41, 5.74) is 0. The van der Waals surface area contributed by atoms with Crippen LogP contribution in [-0.2, 0) is 10.0 Å². The molecule has 0 saturated carbocycles. The number of halogens is 1. The van der Waals surface area contributed by atoms with Crippen LogP contribution >= 0.6 is 12.4 Å². The van der Waals surface area contributed by atoms with Crippen molar-refractivity contribution in [3.05, 3.63) is 42.5 Å². The summed E-state index contributed by atoms with van der Waals surface area (Å²) < 4.78 is 27.6. The fourth-order valence-electron chi connectivity index (χ4n) is 4.01. The molecule has 6 heteroatoms. The first-order chi connectivity index (χ1) is 11.0. The van der Waals surface area contributed by atoms with Crippen molar-refractivity contribution in [2.45, 2.75) is 48.7 Å². The molecular formula is C18H23ClN2O2S. The normalized spacial score (nSPS) is 26.5. The lowest BCUT2D eigenvalue weighted by atomic mass is 10.0. The van der Waals surface area contributed by atoms with Crippen molar-refractivity contribution >= 4 is 33.2 Å². The Balaban J connectivity index is 0.00000169. The van der Waals surface area contributed by atoms with Crippen molar-refractivity contribution in [3.8, 4) is 0 Å². The average Bonchev–Trinajstić information content (AvgIpc) is 2.91. The van der Waals surface area contributed by atoms with E-state index in [4.69, 9.17) is 0 Å². The van der Waals surface area contributed by atoms with Gasteiger partial charge in [-0.1, -0.05) is 30.3 Å². The van der Waals surface area contributed by atoms with Crippen LogP contribution in [0.2, 0.25) is 0 Å². The zero-order chi connectivity index (χ0) is 16.0. The topological polar surface area (TPSA) is 49.4 Å². The monoisotopic (exact) mass is 366 g/mol. The number of nitrogens with one attached hydrogen (secondary N) is 1. The van der Waals surface area contributed by atoms with Crippen LogP contribution < -0.4 is 5.32 Å². The van der Waals surface area contributed by atoms with E-state index in [1.807, 2.05) is 30.3 Å². The van der Waals surface area contributed by atoms with Gasteiger partial charge < -0.3 is 5.32 Å². The van der Waals surface area contributed by atoms with Gasteiger partial charge in [0.25, 0.3) is 0 Å². The molecule has 2 aliphatic rings. The van der Waals surface area contributed by atoms with E-state index in [2.05, 4.69) is 5.32 Å². The Morgan fingerprint density at radius 3 is 2.29 bits per heavy atom. The Kier molecular flexibility index (Phi) is 4.89. The molecule has 2 saturated heterocycles. The average molecular weight is 367 g/mol. The van der Waals surface area contributed by atoms with Crippen LogP contribution in [-0.4, -0.2) is 37.9 Å². The first-order valence-electron chi connectivity index (χ1n) is 8.27. The van der Waals surface area contributed by atoms with Gasteiger partial charge in [-0.05, 0) is 48.6 Å². The number of piperidine rings is 1. The van der Waals surface area contributed by atoms with Crippen LogP contribution in [0.4, 0.5) is 0 Å². The fourth-order valence-corrected chi connectivity index (χ4v) is 5.43. The lowest BCUT2D eigenvalue weighted by Crippen LogP contribution is -2.48. The molecule has 2 unspecified atom stereocenters. The third kappa shape index (κ3) is 3.06. The molecule has 0 amide bonds. The first-order valence-corrected chi connectivity index (χ1v) is 9.71. The third-order valence-electron chi connectivity index (χ3n) is 5.36. The highest BCUT2D eigenvalue weighted by atomic mass is 35.5. The van der Waals surface area contributed by atoms with Gasteiger partial charge in [-0.3, -0.25) is 0 Å². The Hall–Kier alpha value is -1.14. The van der Waals surface area contributed by atoms with Crippen LogP contribution in [0.15, 0.2) is 47.4 Å². The lowest BCUT2D eigenvalue weighted by Gasteiger charge is -2.34. The molecule has 2 fully saturated rings. The van der Waals surface area contributed by atoms with Gasteiger partial charge in [-0.25, -0.2) is 8.42 Å². The highest BCUT2D eigenvalue weighted by Crippen LogP contribution is 2.32. The van der Waals surface area contributed by atoms with E-state index in [0.29, 0.717) is 17.0 Å². The predicted octanol–water partition coefficient (Wildman–Crippen LogP) is 3.17. The summed E-state index contributed by atoms with van der Waals surface area (Å²) in [5, 5.41) is 5.60. The van der Waals surface area contributed by atoms with Gasteiger partial charge in [-0.2, -0.15) is 4.31 Å². The van der Waals surface area contributed by atoms with Crippen molar-refractivity contribution in [2.75, 3.05) is 7.05 Å². The van der Waals surface area contributed by atoms with Crippen molar-refractivity contribution < 1.29 is 8.42 Å². The van der Waals surface area contributed by atoms with E-state index < -0.39 is 10.0 Å². The van der Waals surface area contributed by atoms with Gasteiger partial charge >= 0.3 is 0 Å². The summed E-state index contributed by atoms with van der Waals surface area (Å²) in [7, 11) is -1.71. The highest BCUT2D eigenvalue weighted by molar-refractivity contribution is 7.89. The number of hydrogen-bond acceptors (Lipinski definition) is 3. The largest absolute Gasteiger partial charge is 0.311 e. The van der Waals surface area contributed by atoms with Crippen molar-refractivity contribution in [1.29, 1.82) is 0 Å². The van der Waals surface area contributed by atoms with Crippen LogP contribution in [0, 0.1) is 0 Å². The molecule has 2 aromatic carbocycles. The summed E-state index contributed by atoms with van der Waals surface area (Å²) in [6.07, 6.45) is 4.18. The predicted molar refractivity (Wildman–Crippen MR) is 99.1 cm³/mol. The molecular weight excluding hydrogens is 344 g/mol. The first kappa shape index (κ1) is 17.7. The molecule has 0 radical (unpaired) electrons. The quantitative estimate of drug-likeness (QED) is 0.907. The van der Waals surface area contributed by atoms with E-state index in [-0.39, 0.29) is 18.4 Å². The molecule has 130 valence electrons. The molecule has 2 atom stereocenters. The molecule has 2 aliphatic heterocycles. The van der Waals surface area contributed by atoms with Gasteiger partial charge in [0, 0.05) is 25.2 Å². The van der Waals surface area contributed by atoms with Crippen LogP contribution in [0.5, 0.6) is 0 Å². The molecule has 1 N–H and O–H groups in total.